The Morgan fingerprint density at radius 3 is 2.83 bits per heavy atom. The largest absolute Gasteiger partial charge is 0.496 e. The highest BCUT2D eigenvalue weighted by Gasteiger charge is 2.41. The van der Waals surface area contributed by atoms with Crippen LogP contribution < -0.4 is 10.1 Å². The molecule has 0 spiro atoms. The van der Waals surface area contributed by atoms with Crippen LogP contribution in [0.3, 0.4) is 0 Å². The molecule has 2 amide bonds. The first-order chi connectivity index (χ1) is 16.9. The molecule has 0 aromatic heterocycles. The van der Waals surface area contributed by atoms with Crippen LogP contribution in [0.25, 0.3) is 0 Å². The molecule has 4 rings (SSSR count). The SMILES string of the molecule is COc1ccc(NC(=O)CC2SC(=Nc3ccccc3C)N(CC3CCCO3)C2=O)c([N+](=O)[O-])c1. The van der Waals surface area contributed by atoms with Gasteiger partial charge in [0.05, 0.1) is 36.4 Å². The highest BCUT2D eigenvalue weighted by molar-refractivity contribution is 8.15. The van der Waals surface area contributed by atoms with E-state index in [9.17, 15) is 19.7 Å². The van der Waals surface area contributed by atoms with Gasteiger partial charge in [0, 0.05) is 13.0 Å². The fourth-order valence-corrected chi connectivity index (χ4v) is 5.10. The molecule has 184 valence electrons. The Hall–Kier alpha value is -3.44. The zero-order valence-corrected chi connectivity index (χ0v) is 20.2. The normalized spacial score (nSPS) is 20.9. The van der Waals surface area contributed by atoms with Gasteiger partial charge in [-0.2, -0.15) is 0 Å². The third kappa shape index (κ3) is 5.80. The van der Waals surface area contributed by atoms with Gasteiger partial charge in [-0.3, -0.25) is 24.6 Å². The Morgan fingerprint density at radius 2 is 2.14 bits per heavy atom. The predicted octanol–water partition coefficient (Wildman–Crippen LogP) is 4.05. The maximum absolute atomic E-state index is 13.3. The summed E-state index contributed by atoms with van der Waals surface area (Å²) in [5.41, 5.74) is 1.48. The summed E-state index contributed by atoms with van der Waals surface area (Å²) >= 11 is 1.23. The number of nitrogens with zero attached hydrogens (tertiary/aromatic N) is 3. The van der Waals surface area contributed by atoms with Gasteiger partial charge in [0.15, 0.2) is 5.17 Å². The third-order valence-corrected chi connectivity index (χ3v) is 6.98. The molecule has 10 nitrogen and oxygen atoms in total. The van der Waals surface area contributed by atoms with E-state index in [1.54, 1.807) is 4.90 Å². The number of methoxy groups -OCH3 is 1. The van der Waals surface area contributed by atoms with Crippen LogP contribution in [0.5, 0.6) is 5.75 Å². The quantitative estimate of drug-likeness (QED) is 0.430. The lowest BCUT2D eigenvalue weighted by atomic mass is 10.2. The molecule has 0 aliphatic carbocycles. The molecule has 1 N–H and O–H groups in total. The number of benzene rings is 2. The van der Waals surface area contributed by atoms with Gasteiger partial charge in [0.25, 0.3) is 5.69 Å². The molecule has 2 aliphatic heterocycles. The molecular formula is C24H26N4O6S. The predicted molar refractivity (Wildman–Crippen MR) is 133 cm³/mol. The van der Waals surface area contributed by atoms with E-state index in [0.717, 1.165) is 24.1 Å². The number of thioether (sulfide) groups is 1. The molecule has 0 bridgehead atoms. The molecule has 2 aromatic carbocycles. The second-order valence-corrected chi connectivity index (χ2v) is 9.43. The number of nitrogens with one attached hydrogen (secondary N) is 1. The molecule has 2 unspecified atom stereocenters. The van der Waals surface area contributed by atoms with Crippen molar-refractivity contribution >= 4 is 45.8 Å². The molecule has 11 heteroatoms. The first-order valence-electron chi connectivity index (χ1n) is 11.2. The van der Waals surface area contributed by atoms with E-state index in [1.807, 2.05) is 31.2 Å². The number of aryl methyl sites for hydroxylation is 1. The number of carbonyl (C=O) groups excluding carboxylic acids is 2. The minimum atomic E-state index is -0.698. The van der Waals surface area contributed by atoms with Crippen LogP contribution in [0, 0.1) is 17.0 Å². The fourth-order valence-electron chi connectivity index (χ4n) is 3.94. The molecule has 2 aromatic rings. The lowest BCUT2D eigenvalue weighted by molar-refractivity contribution is -0.384. The Bertz CT molecular complexity index is 1160. The van der Waals surface area contributed by atoms with Gasteiger partial charge in [-0.15, -0.1) is 0 Å². The van der Waals surface area contributed by atoms with Gasteiger partial charge in [-0.05, 0) is 43.5 Å². The molecule has 2 fully saturated rings. The van der Waals surface area contributed by atoms with E-state index in [1.165, 1.54) is 37.1 Å². The van der Waals surface area contributed by atoms with Crippen LogP contribution in [0.15, 0.2) is 47.5 Å². The number of rotatable bonds is 8. The number of amides is 2. The molecule has 0 saturated carbocycles. The summed E-state index contributed by atoms with van der Waals surface area (Å²) < 4.78 is 10.8. The summed E-state index contributed by atoms with van der Waals surface area (Å²) in [6.45, 7) is 2.98. The van der Waals surface area contributed by atoms with Gasteiger partial charge in [0.1, 0.15) is 16.7 Å². The minimum absolute atomic E-state index is 0.0428. The summed E-state index contributed by atoms with van der Waals surface area (Å²) in [5.74, 6) is -0.423. The smallest absolute Gasteiger partial charge is 0.296 e. The van der Waals surface area contributed by atoms with Crippen LogP contribution >= 0.6 is 11.8 Å². The zero-order valence-electron chi connectivity index (χ0n) is 19.4. The molecule has 0 radical (unpaired) electrons. The second kappa shape index (κ2) is 10.9. The molecular weight excluding hydrogens is 472 g/mol. The lowest BCUT2D eigenvalue weighted by Crippen LogP contribution is -2.38. The monoisotopic (exact) mass is 498 g/mol. The fraction of sp³-hybridized carbons (Fsp3) is 0.375. The summed E-state index contributed by atoms with van der Waals surface area (Å²) in [4.78, 5) is 43.2. The number of anilines is 1. The van der Waals surface area contributed by atoms with E-state index in [-0.39, 0.29) is 29.8 Å². The molecule has 2 saturated heterocycles. The van der Waals surface area contributed by atoms with E-state index >= 15 is 0 Å². The Kier molecular flexibility index (Phi) is 7.67. The number of hydrogen-bond donors (Lipinski definition) is 1. The van der Waals surface area contributed by atoms with E-state index in [2.05, 4.69) is 5.32 Å². The summed E-state index contributed by atoms with van der Waals surface area (Å²) in [7, 11) is 1.40. The van der Waals surface area contributed by atoms with Crippen LogP contribution in [-0.2, 0) is 14.3 Å². The number of amidine groups is 1. The number of aliphatic imine (C=N–C) groups is 1. The van der Waals surface area contributed by atoms with Crippen LogP contribution in [0.4, 0.5) is 17.1 Å². The first-order valence-corrected chi connectivity index (χ1v) is 12.1. The van der Waals surface area contributed by atoms with Gasteiger partial charge >= 0.3 is 0 Å². The number of para-hydroxylation sites is 1. The van der Waals surface area contributed by atoms with E-state index in [0.29, 0.717) is 24.1 Å². The summed E-state index contributed by atoms with van der Waals surface area (Å²) in [5, 5.41) is 13.8. The molecule has 2 aliphatic rings. The third-order valence-electron chi connectivity index (χ3n) is 5.81. The van der Waals surface area contributed by atoms with Crippen LogP contribution in [0.1, 0.15) is 24.8 Å². The highest BCUT2D eigenvalue weighted by Crippen LogP contribution is 2.34. The Morgan fingerprint density at radius 1 is 1.34 bits per heavy atom. The number of ether oxygens (including phenoxy) is 2. The summed E-state index contributed by atoms with van der Waals surface area (Å²) in [6, 6.07) is 11.8. The molecule has 35 heavy (non-hydrogen) atoms. The molecule has 2 heterocycles. The highest BCUT2D eigenvalue weighted by atomic mass is 32.2. The van der Waals surface area contributed by atoms with Crippen molar-refractivity contribution in [3.05, 3.63) is 58.1 Å². The number of carbonyl (C=O) groups is 2. The van der Waals surface area contributed by atoms with Crippen molar-refractivity contribution in [2.45, 2.75) is 37.5 Å². The van der Waals surface area contributed by atoms with Gasteiger partial charge < -0.3 is 14.8 Å². The van der Waals surface area contributed by atoms with Crippen molar-refractivity contribution < 1.29 is 24.0 Å². The van der Waals surface area contributed by atoms with Gasteiger partial charge in [-0.1, -0.05) is 30.0 Å². The maximum Gasteiger partial charge on any atom is 0.296 e. The number of nitro groups is 1. The van der Waals surface area contributed by atoms with Crippen molar-refractivity contribution in [2.24, 2.45) is 4.99 Å². The maximum atomic E-state index is 13.3. The summed E-state index contributed by atoms with van der Waals surface area (Å²) in [6.07, 6.45) is 1.58. The molecule has 2 atom stereocenters. The van der Waals surface area contributed by atoms with Crippen molar-refractivity contribution in [1.29, 1.82) is 0 Å². The standard InChI is InChI=1S/C24H26N4O6S/c1-15-6-3-4-8-18(15)26-24-27(14-17-7-5-11-34-17)23(30)21(35-24)13-22(29)25-19-10-9-16(33-2)12-20(19)28(31)32/h3-4,6,8-10,12,17,21H,5,7,11,13-14H2,1-2H3,(H,25,29). The van der Waals surface area contributed by atoms with Crippen LogP contribution in [0.2, 0.25) is 0 Å². The second-order valence-electron chi connectivity index (χ2n) is 8.26. The average Bonchev–Trinajstić information content (AvgIpc) is 3.45. The topological polar surface area (TPSA) is 123 Å². The van der Waals surface area contributed by atoms with Crippen molar-refractivity contribution in [1.82, 2.24) is 4.90 Å². The Labute approximate surface area is 206 Å². The number of nitro benzene ring substituents is 1. The van der Waals surface area contributed by atoms with Gasteiger partial charge in [-0.25, -0.2) is 4.99 Å². The van der Waals surface area contributed by atoms with Crippen molar-refractivity contribution in [3.8, 4) is 5.75 Å². The van der Waals surface area contributed by atoms with Crippen molar-refractivity contribution in [3.63, 3.8) is 0 Å². The minimum Gasteiger partial charge on any atom is -0.496 e. The lowest BCUT2D eigenvalue weighted by Gasteiger charge is -2.20. The first kappa shape index (κ1) is 24.7. The average molecular weight is 499 g/mol. The van der Waals surface area contributed by atoms with Crippen molar-refractivity contribution in [2.75, 3.05) is 25.6 Å². The van der Waals surface area contributed by atoms with E-state index < -0.39 is 16.1 Å². The Balaban J connectivity index is 1.52. The van der Waals surface area contributed by atoms with Crippen LogP contribution in [-0.4, -0.2) is 58.4 Å². The zero-order chi connectivity index (χ0) is 24.9. The van der Waals surface area contributed by atoms with Gasteiger partial charge in [0.2, 0.25) is 11.8 Å². The van der Waals surface area contributed by atoms with E-state index in [4.69, 9.17) is 14.5 Å². The number of hydrogen-bond acceptors (Lipinski definition) is 8.